The summed E-state index contributed by atoms with van der Waals surface area (Å²) in [5.41, 5.74) is 5.17. The van der Waals surface area contributed by atoms with E-state index >= 15 is 0 Å². The highest BCUT2D eigenvalue weighted by Crippen LogP contribution is 2.30. The molecule has 0 atom stereocenters. The number of nitrogens with zero attached hydrogens (tertiary/aromatic N) is 2. The highest BCUT2D eigenvalue weighted by molar-refractivity contribution is 5.96. The number of esters is 1. The summed E-state index contributed by atoms with van der Waals surface area (Å²) >= 11 is 0. The highest BCUT2D eigenvalue weighted by atomic mass is 79.9. The standard InChI is InChI=1S/C18H25N2O3.BrH/c1-12-9-13(2)16(14(3)10-12)17-15(11-23-19-17)18(21)22-8-7-20(4,5)6;/h9-11H,7-8H2,1-6H3;1H/q+1;/p-1. The zero-order chi connectivity index (χ0) is 17.2. The third kappa shape index (κ3) is 4.92. The van der Waals surface area contributed by atoms with Gasteiger partial charge in [-0.2, -0.15) is 0 Å². The first-order valence-electron chi connectivity index (χ1n) is 7.69. The van der Waals surface area contributed by atoms with Crippen LogP contribution in [0.2, 0.25) is 0 Å². The molecule has 24 heavy (non-hydrogen) atoms. The first-order chi connectivity index (χ1) is 10.7. The second-order valence-corrected chi connectivity index (χ2v) is 7.00. The van der Waals surface area contributed by atoms with Crippen LogP contribution in [0.15, 0.2) is 22.9 Å². The lowest BCUT2D eigenvalue weighted by Gasteiger charge is -2.23. The van der Waals surface area contributed by atoms with Gasteiger partial charge < -0.3 is 30.7 Å². The lowest BCUT2D eigenvalue weighted by molar-refractivity contribution is -0.870. The number of likely N-dealkylation sites (N-methyl/N-ethyl adjacent to an activating group) is 1. The Kier molecular flexibility index (Phi) is 6.75. The molecule has 0 aliphatic rings. The maximum Gasteiger partial charge on any atom is 0.343 e. The number of rotatable bonds is 5. The van der Waals surface area contributed by atoms with E-state index in [1.54, 1.807) is 0 Å². The van der Waals surface area contributed by atoms with E-state index in [9.17, 15) is 4.79 Å². The zero-order valence-electron chi connectivity index (χ0n) is 15.1. The monoisotopic (exact) mass is 396 g/mol. The number of aromatic nitrogens is 1. The van der Waals surface area contributed by atoms with Gasteiger partial charge in [0, 0.05) is 5.56 Å². The van der Waals surface area contributed by atoms with Crippen molar-refractivity contribution in [1.29, 1.82) is 0 Å². The summed E-state index contributed by atoms with van der Waals surface area (Å²) in [6.07, 6.45) is 1.36. The number of aryl methyl sites for hydroxylation is 3. The Bertz CT molecular complexity index is 694. The van der Waals surface area contributed by atoms with Gasteiger partial charge in [0.1, 0.15) is 30.7 Å². The minimum Gasteiger partial charge on any atom is -1.00 e. The van der Waals surface area contributed by atoms with Gasteiger partial charge in [-0.3, -0.25) is 0 Å². The van der Waals surface area contributed by atoms with Gasteiger partial charge in [0.05, 0.1) is 21.1 Å². The Balaban J connectivity index is 0.00000288. The summed E-state index contributed by atoms with van der Waals surface area (Å²) in [6.45, 7) is 7.17. The van der Waals surface area contributed by atoms with Crippen molar-refractivity contribution in [3.63, 3.8) is 0 Å². The van der Waals surface area contributed by atoms with E-state index in [0.717, 1.165) is 27.7 Å². The molecule has 2 aromatic rings. The van der Waals surface area contributed by atoms with Crippen molar-refractivity contribution >= 4 is 5.97 Å². The summed E-state index contributed by atoms with van der Waals surface area (Å²) in [5, 5.41) is 4.04. The van der Waals surface area contributed by atoms with Crippen LogP contribution in [0.5, 0.6) is 0 Å². The zero-order valence-corrected chi connectivity index (χ0v) is 16.7. The van der Waals surface area contributed by atoms with Crippen molar-refractivity contribution in [2.45, 2.75) is 20.8 Å². The van der Waals surface area contributed by atoms with Crippen molar-refractivity contribution in [3.05, 3.63) is 40.6 Å². The molecule has 1 heterocycles. The fraction of sp³-hybridized carbons (Fsp3) is 0.444. The maximum atomic E-state index is 12.3. The van der Waals surface area contributed by atoms with Crippen LogP contribution in [0.25, 0.3) is 11.3 Å². The molecule has 0 unspecified atom stereocenters. The first-order valence-corrected chi connectivity index (χ1v) is 7.69. The van der Waals surface area contributed by atoms with E-state index in [2.05, 4.69) is 38.4 Å². The number of halogens is 1. The quantitative estimate of drug-likeness (QED) is 0.532. The lowest BCUT2D eigenvalue weighted by atomic mass is 9.95. The minimum atomic E-state index is -0.394. The molecule has 0 saturated carbocycles. The second kappa shape index (κ2) is 7.94. The van der Waals surface area contributed by atoms with Gasteiger partial charge in [0.25, 0.3) is 0 Å². The molecule has 5 nitrogen and oxygen atoms in total. The van der Waals surface area contributed by atoms with Crippen LogP contribution in [-0.4, -0.2) is 49.9 Å². The largest absolute Gasteiger partial charge is 1.00 e. The van der Waals surface area contributed by atoms with Crippen molar-refractivity contribution in [2.75, 3.05) is 34.3 Å². The number of hydrogen-bond donors (Lipinski definition) is 0. The molecule has 0 N–H and O–H groups in total. The molecular formula is C18H25BrN2O3. The summed E-state index contributed by atoms with van der Waals surface area (Å²) in [7, 11) is 6.16. The van der Waals surface area contributed by atoms with E-state index in [4.69, 9.17) is 9.26 Å². The molecule has 1 aromatic heterocycles. The number of benzene rings is 1. The van der Waals surface area contributed by atoms with Gasteiger partial charge in [0.2, 0.25) is 0 Å². The van der Waals surface area contributed by atoms with E-state index in [1.807, 2.05) is 20.8 Å². The molecule has 0 saturated heterocycles. The Morgan fingerprint density at radius 1 is 1.17 bits per heavy atom. The van der Waals surface area contributed by atoms with E-state index in [-0.39, 0.29) is 17.0 Å². The topological polar surface area (TPSA) is 52.3 Å². The molecule has 0 amide bonds. The average molecular weight is 397 g/mol. The Morgan fingerprint density at radius 2 is 1.75 bits per heavy atom. The Morgan fingerprint density at radius 3 is 2.29 bits per heavy atom. The van der Waals surface area contributed by atoms with Gasteiger partial charge >= 0.3 is 5.97 Å². The maximum absolute atomic E-state index is 12.3. The van der Waals surface area contributed by atoms with Crippen LogP contribution < -0.4 is 17.0 Å². The summed E-state index contributed by atoms with van der Waals surface area (Å²) in [6, 6.07) is 4.15. The van der Waals surface area contributed by atoms with Crippen LogP contribution in [0.1, 0.15) is 27.0 Å². The molecule has 0 bridgehead atoms. The van der Waals surface area contributed by atoms with Gasteiger partial charge in [-0.05, 0) is 31.9 Å². The Hall–Kier alpha value is -1.66. The molecule has 0 spiro atoms. The third-order valence-corrected chi connectivity index (χ3v) is 3.70. The first kappa shape index (κ1) is 20.4. The molecule has 6 heteroatoms. The van der Waals surface area contributed by atoms with Crippen LogP contribution in [0.4, 0.5) is 0 Å². The van der Waals surface area contributed by atoms with Crippen LogP contribution in [0.3, 0.4) is 0 Å². The smallest absolute Gasteiger partial charge is 0.343 e. The summed E-state index contributed by atoms with van der Waals surface area (Å²) in [4.78, 5) is 12.3. The van der Waals surface area contributed by atoms with Crippen molar-refractivity contribution in [3.8, 4) is 11.3 Å². The number of ether oxygens (including phenoxy) is 1. The molecule has 132 valence electrons. The van der Waals surface area contributed by atoms with E-state index in [1.165, 1.54) is 11.8 Å². The second-order valence-electron chi connectivity index (χ2n) is 7.00. The van der Waals surface area contributed by atoms with Crippen LogP contribution in [-0.2, 0) is 4.74 Å². The van der Waals surface area contributed by atoms with Crippen LogP contribution in [0, 0.1) is 20.8 Å². The molecule has 0 aliphatic heterocycles. The van der Waals surface area contributed by atoms with E-state index < -0.39 is 5.97 Å². The summed E-state index contributed by atoms with van der Waals surface area (Å²) < 4.78 is 11.2. The van der Waals surface area contributed by atoms with Gasteiger partial charge in [0.15, 0.2) is 0 Å². The number of carbonyl (C=O) groups is 1. The number of hydrogen-bond acceptors (Lipinski definition) is 4. The highest BCUT2D eigenvalue weighted by Gasteiger charge is 2.22. The molecule has 0 aliphatic carbocycles. The van der Waals surface area contributed by atoms with Gasteiger partial charge in [-0.1, -0.05) is 22.9 Å². The van der Waals surface area contributed by atoms with Crippen molar-refractivity contribution < 1.29 is 35.5 Å². The SMILES string of the molecule is Cc1cc(C)c(-c2nocc2C(=O)OCC[N+](C)(C)C)c(C)c1.[Br-]. The van der Waals surface area contributed by atoms with Gasteiger partial charge in [-0.15, -0.1) is 0 Å². The number of quaternary nitrogens is 1. The molecule has 1 aromatic carbocycles. The average Bonchev–Trinajstić information content (AvgIpc) is 2.84. The predicted octanol–water partition coefficient (Wildman–Crippen LogP) is 0.134. The normalized spacial score (nSPS) is 11.1. The third-order valence-electron chi connectivity index (χ3n) is 3.70. The Labute approximate surface area is 153 Å². The van der Waals surface area contributed by atoms with Crippen molar-refractivity contribution in [1.82, 2.24) is 5.16 Å². The predicted molar refractivity (Wildman–Crippen MR) is 89.3 cm³/mol. The number of carbonyl (C=O) groups excluding carboxylic acids is 1. The molecule has 0 radical (unpaired) electrons. The molecular weight excluding hydrogens is 372 g/mol. The molecule has 2 rings (SSSR count). The minimum absolute atomic E-state index is 0. The lowest BCUT2D eigenvalue weighted by Crippen LogP contribution is -3.00. The van der Waals surface area contributed by atoms with E-state index in [0.29, 0.717) is 17.9 Å². The summed E-state index contributed by atoms with van der Waals surface area (Å²) in [5.74, 6) is -0.394. The molecule has 0 fully saturated rings. The van der Waals surface area contributed by atoms with Crippen LogP contribution >= 0.6 is 0 Å². The van der Waals surface area contributed by atoms with Gasteiger partial charge in [-0.25, -0.2) is 4.79 Å². The fourth-order valence-electron chi connectivity index (χ4n) is 2.61. The fourth-order valence-corrected chi connectivity index (χ4v) is 2.61. The van der Waals surface area contributed by atoms with Crippen molar-refractivity contribution in [2.24, 2.45) is 0 Å².